The third-order valence-corrected chi connectivity index (χ3v) is 3.74. The quantitative estimate of drug-likeness (QED) is 0.665. The van der Waals surface area contributed by atoms with E-state index in [9.17, 15) is 13.6 Å². The number of hydrogen-bond donors (Lipinski definition) is 1. The van der Waals surface area contributed by atoms with Gasteiger partial charge in [0.25, 0.3) is 0 Å². The van der Waals surface area contributed by atoms with Crippen molar-refractivity contribution in [2.75, 3.05) is 0 Å². The molecule has 0 aliphatic carbocycles. The summed E-state index contributed by atoms with van der Waals surface area (Å²) < 4.78 is 31.4. The number of halogens is 3. The summed E-state index contributed by atoms with van der Waals surface area (Å²) in [7, 11) is 0. The number of carbonyl (C=O) groups excluding carboxylic acids is 1. The lowest BCUT2D eigenvalue weighted by molar-refractivity contribution is -0.117. The van der Waals surface area contributed by atoms with Crippen molar-refractivity contribution in [1.29, 1.82) is 0 Å². The molecule has 2 N–H and O–H groups in total. The summed E-state index contributed by atoms with van der Waals surface area (Å²) in [5.74, 6) is -0.446. The molecule has 3 aromatic rings. The highest BCUT2D eigenvalue weighted by atomic mass is 35.5. The van der Waals surface area contributed by atoms with Crippen LogP contribution in [0.25, 0.3) is 11.1 Å². The molecule has 0 radical (unpaired) electrons. The van der Waals surface area contributed by atoms with Crippen molar-refractivity contribution in [3.63, 3.8) is 0 Å². The molecule has 27 heavy (non-hydrogen) atoms. The number of benzene rings is 1. The lowest BCUT2D eigenvalue weighted by Gasteiger charge is -2.12. The molecule has 0 atom stereocenters. The monoisotopic (exact) mass is 393 g/mol. The first-order chi connectivity index (χ1) is 12.9. The highest BCUT2D eigenvalue weighted by Gasteiger charge is 2.15. The minimum Gasteiger partial charge on any atom is -0.416 e. The summed E-state index contributed by atoms with van der Waals surface area (Å²) in [5.41, 5.74) is 6.74. The van der Waals surface area contributed by atoms with E-state index in [0.717, 1.165) is 0 Å². The number of rotatable bonds is 7. The first kappa shape index (κ1) is 18.7. The average Bonchev–Trinajstić information content (AvgIpc) is 3.02. The molecule has 0 bridgehead atoms. The zero-order chi connectivity index (χ0) is 19.4. The van der Waals surface area contributed by atoms with Crippen molar-refractivity contribution in [2.24, 2.45) is 5.73 Å². The van der Waals surface area contributed by atoms with Crippen LogP contribution >= 0.6 is 11.6 Å². The first-order valence-corrected chi connectivity index (χ1v) is 8.15. The van der Waals surface area contributed by atoms with Gasteiger partial charge in [-0.1, -0.05) is 23.7 Å². The van der Waals surface area contributed by atoms with Gasteiger partial charge in [-0.25, -0.2) is 14.6 Å². The predicted octanol–water partition coefficient (Wildman–Crippen LogP) is 2.67. The highest BCUT2D eigenvalue weighted by molar-refractivity contribution is 6.30. The molecule has 1 aromatic carbocycles. The molecule has 0 fully saturated rings. The van der Waals surface area contributed by atoms with Gasteiger partial charge in [-0.2, -0.15) is 13.9 Å². The van der Waals surface area contributed by atoms with Crippen LogP contribution in [-0.2, 0) is 17.8 Å². The Morgan fingerprint density at radius 1 is 1.30 bits per heavy atom. The number of hydrogen-bond acceptors (Lipinski definition) is 5. The van der Waals surface area contributed by atoms with Gasteiger partial charge in [0.05, 0.1) is 13.0 Å². The SMILES string of the molecule is NC(=O)Cc1ncn(Cc2cnc(OC(F)F)c(-c3cccc(Cl)c3)c2)n1. The summed E-state index contributed by atoms with van der Waals surface area (Å²) in [6, 6.07) is 8.37. The fourth-order valence-corrected chi connectivity index (χ4v) is 2.65. The number of ether oxygens (including phenoxy) is 1. The van der Waals surface area contributed by atoms with Gasteiger partial charge in [0.15, 0.2) is 5.82 Å². The Bertz CT molecular complexity index is 964. The van der Waals surface area contributed by atoms with Crippen LogP contribution in [0.4, 0.5) is 8.78 Å². The van der Waals surface area contributed by atoms with Crippen molar-refractivity contribution >= 4 is 17.5 Å². The molecule has 140 valence electrons. The highest BCUT2D eigenvalue weighted by Crippen LogP contribution is 2.31. The molecule has 0 aliphatic heterocycles. The molecule has 2 aromatic heterocycles. The maximum absolute atomic E-state index is 12.7. The van der Waals surface area contributed by atoms with Gasteiger partial charge in [-0.05, 0) is 29.3 Å². The van der Waals surface area contributed by atoms with E-state index in [4.69, 9.17) is 17.3 Å². The molecule has 3 rings (SSSR count). The summed E-state index contributed by atoms with van der Waals surface area (Å²) >= 11 is 6.00. The number of nitrogens with zero attached hydrogens (tertiary/aromatic N) is 4. The second-order valence-electron chi connectivity index (χ2n) is 5.59. The topological polar surface area (TPSA) is 95.9 Å². The van der Waals surface area contributed by atoms with E-state index in [0.29, 0.717) is 27.5 Å². The smallest absolute Gasteiger partial charge is 0.388 e. The predicted molar refractivity (Wildman–Crippen MR) is 93.3 cm³/mol. The fraction of sp³-hybridized carbons (Fsp3) is 0.176. The third-order valence-electron chi connectivity index (χ3n) is 3.50. The van der Waals surface area contributed by atoms with E-state index < -0.39 is 12.5 Å². The number of aromatic nitrogens is 4. The number of pyridine rings is 1. The minimum atomic E-state index is -3.01. The normalized spacial score (nSPS) is 11.0. The van der Waals surface area contributed by atoms with E-state index in [1.165, 1.54) is 17.2 Å². The molecular weight excluding hydrogens is 380 g/mol. The minimum absolute atomic E-state index is 0.0693. The van der Waals surface area contributed by atoms with Gasteiger partial charge < -0.3 is 10.5 Å². The van der Waals surface area contributed by atoms with Gasteiger partial charge >= 0.3 is 6.61 Å². The zero-order valence-electron chi connectivity index (χ0n) is 13.8. The molecule has 0 saturated heterocycles. The Hall–Kier alpha value is -3.07. The van der Waals surface area contributed by atoms with Crippen molar-refractivity contribution in [2.45, 2.75) is 19.6 Å². The van der Waals surface area contributed by atoms with E-state index in [1.54, 1.807) is 30.3 Å². The van der Waals surface area contributed by atoms with Crippen LogP contribution in [-0.4, -0.2) is 32.3 Å². The van der Waals surface area contributed by atoms with E-state index >= 15 is 0 Å². The summed E-state index contributed by atoms with van der Waals surface area (Å²) in [6.45, 7) is -2.74. The molecule has 2 heterocycles. The molecule has 0 spiro atoms. The third kappa shape index (κ3) is 4.98. The second-order valence-corrected chi connectivity index (χ2v) is 6.02. The second kappa shape index (κ2) is 8.09. The Kier molecular flexibility index (Phi) is 5.60. The van der Waals surface area contributed by atoms with E-state index in [1.807, 2.05) is 0 Å². The summed E-state index contributed by atoms with van der Waals surface area (Å²) in [5, 5.41) is 4.59. The van der Waals surface area contributed by atoms with Crippen LogP contribution in [0.2, 0.25) is 5.02 Å². The number of nitrogens with two attached hydrogens (primary N) is 1. The molecule has 7 nitrogen and oxygen atoms in total. The molecular formula is C17H14ClF2N5O2. The molecule has 1 amide bonds. The van der Waals surface area contributed by atoms with Crippen molar-refractivity contribution in [1.82, 2.24) is 19.7 Å². The molecule has 0 aliphatic rings. The zero-order valence-corrected chi connectivity index (χ0v) is 14.6. The summed E-state index contributed by atoms with van der Waals surface area (Å²) in [6.07, 6.45) is 2.78. The summed E-state index contributed by atoms with van der Waals surface area (Å²) in [4.78, 5) is 18.9. The van der Waals surface area contributed by atoms with Crippen LogP contribution in [0.5, 0.6) is 5.88 Å². The van der Waals surface area contributed by atoms with Crippen LogP contribution < -0.4 is 10.5 Å². The standard InChI is InChI=1S/C17H14ClF2N5O2/c18-12-3-1-2-11(5-12)13-4-10(7-22-16(13)27-17(19)20)8-25-9-23-15(24-25)6-14(21)26/h1-5,7,9,17H,6,8H2,(H2,21,26). The largest absolute Gasteiger partial charge is 0.416 e. The number of alkyl halides is 2. The maximum Gasteiger partial charge on any atom is 0.388 e. The van der Waals surface area contributed by atoms with Crippen molar-refractivity contribution in [3.05, 3.63) is 59.3 Å². The van der Waals surface area contributed by atoms with Gasteiger partial charge in [0.2, 0.25) is 11.8 Å². The van der Waals surface area contributed by atoms with Gasteiger partial charge in [-0.3, -0.25) is 4.79 Å². The Labute approximate surface area is 157 Å². The van der Waals surface area contributed by atoms with Crippen molar-refractivity contribution < 1.29 is 18.3 Å². The average molecular weight is 394 g/mol. The fourth-order valence-electron chi connectivity index (χ4n) is 2.46. The van der Waals surface area contributed by atoms with Crippen LogP contribution in [0.15, 0.2) is 42.9 Å². The lowest BCUT2D eigenvalue weighted by Crippen LogP contribution is -2.15. The number of carbonyl (C=O) groups is 1. The molecule has 0 saturated carbocycles. The van der Waals surface area contributed by atoms with Gasteiger partial charge in [0, 0.05) is 16.8 Å². The number of amides is 1. The Morgan fingerprint density at radius 2 is 2.11 bits per heavy atom. The van der Waals surface area contributed by atoms with Gasteiger partial charge in [0.1, 0.15) is 6.33 Å². The maximum atomic E-state index is 12.7. The lowest BCUT2D eigenvalue weighted by atomic mass is 10.1. The van der Waals surface area contributed by atoms with E-state index in [2.05, 4.69) is 19.8 Å². The van der Waals surface area contributed by atoms with Crippen LogP contribution in [0.1, 0.15) is 11.4 Å². The van der Waals surface area contributed by atoms with Crippen LogP contribution in [0.3, 0.4) is 0 Å². The first-order valence-electron chi connectivity index (χ1n) is 7.77. The van der Waals surface area contributed by atoms with Crippen LogP contribution in [0, 0.1) is 0 Å². The Balaban J connectivity index is 1.91. The number of primary amides is 1. The molecule has 0 unspecified atom stereocenters. The van der Waals surface area contributed by atoms with Crippen molar-refractivity contribution in [3.8, 4) is 17.0 Å². The molecule has 10 heteroatoms. The van der Waals surface area contributed by atoms with E-state index in [-0.39, 0.29) is 18.8 Å². The Morgan fingerprint density at radius 3 is 2.81 bits per heavy atom. The van der Waals surface area contributed by atoms with Gasteiger partial charge in [-0.15, -0.1) is 0 Å².